The molecule has 156 valence electrons. The Kier molecular flexibility index (Phi) is 7.73. The zero-order chi connectivity index (χ0) is 21.8. The fourth-order valence-corrected chi connectivity index (χ4v) is 3.31. The highest BCUT2D eigenvalue weighted by Crippen LogP contribution is 2.24. The van der Waals surface area contributed by atoms with Gasteiger partial charge in [-0.05, 0) is 57.9 Å². The van der Waals surface area contributed by atoms with Crippen molar-refractivity contribution >= 4 is 35.0 Å². The predicted molar refractivity (Wildman–Crippen MR) is 119 cm³/mol. The Bertz CT molecular complexity index is 891. The molecule has 1 N–H and O–H groups in total. The molecule has 0 bridgehead atoms. The van der Waals surface area contributed by atoms with E-state index in [9.17, 15) is 9.59 Å². The van der Waals surface area contributed by atoms with Gasteiger partial charge in [-0.2, -0.15) is 0 Å². The van der Waals surface area contributed by atoms with Gasteiger partial charge in [0, 0.05) is 12.1 Å². The molecule has 2 rings (SSSR count). The molecule has 0 heterocycles. The van der Waals surface area contributed by atoms with Crippen LogP contribution in [0, 0.1) is 6.92 Å². The highest BCUT2D eigenvalue weighted by atomic mass is 35.5. The summed E-state index contributed by atoms with van der Waals surface area (Å²) in [7, 11) is 0. The fraction of sp³-hybridized carbons (Fsp3) is 0.391. The lowest BCUT2D eigenvalue weighted by Crippen LogP contribution is -2.52. The maximum Gasteiger partial charge on any atom is 0.242 e. The van der Waals surface area contributed by atoms with E-state index in [0.717, 1.165) is 16.7 Å². The molecule has 0 aliphatic carbocycles. The molecule has 0 aliphatic heterocycles. The first-order chi connectivity index (χ1) is 13.5. The van der Waals surface area contributed by atoms with E-state index in [2.05, 4.69) is 5.32 Å². The van der Waals surface area contributed by atoms with Crippen molar-refractivity contribution in [1.29, 1.82) is 0 Å². The van der Waals surface area contributed by atoms with E-state index in [4.69, 9.17) is 23.2 Å². The van der Waals surface area contributed by atoms with Crippen LogP contribution in [0.25, 0.3) is 0 Å². The van der Waals surface area contributed by atoms with E-state index < -0.39 is 6.04 Å². The summed E-state index contributed by atoms with van der Waals surface area (Å²) < 4.78 is 0. The van der Waals surface area contributed by atoms with Gasteiger partial charge in [0.2, 0.25) is 11.8 Å². The zero-order valence-electron chi connectivity index (χ0n) is 17.6. The van der Waals surface area contributed by atoms with Crippen molar-refractivity contribution in [2.75, 3.05) is 0 Å². The van der Waals surface area contributed by atoms with E-state index in [1.54, 1.807) is 24.0 Å². The molecule has 0 radical (unpaired) electrons. The van der Waals surface area contributed by atoms with E-state index >= 15 is 0 Å². The highest BCUT2D eigenvalue weighted by molar-refractivity contribution is 6.42. The molecule has 0 spiro atoms. The highest BCUT2D eigenvalue weighted by Gasteiger charge is 2.28. The molecule has 0 saturated heterocycles. The number of carbonyl (C=O) groups is 2. The van der Waals surface area contributed by atoms with Crippen LogP contribution in [0.2, 0.25) is 10.0 Å². The number of nitrogens with one attached hydrogen (secondary N) is 1. The third kappa shape index (κ3) is 7.06. The minimum atomic E-state index is -0.638. The van der Waals surface area contributed by atoms with E-state index in [0.29, 0.717) is 10.0 Å². The first-order valence-corrected chi connectivity index (χ1v) is 10.3. The van der Waals surface area contributed by atoms with Crippen LogP contribution in [0.5, 0.6) is 0 Å². The van der Waals surface area contributed by atoms with Crippen molar-refractivity contribution < 1.29 is 9.59 Å². The number of rotatable bonds is 6. The standard InChI is InChI=1S/C23H28Cl2N2O2/c1-15-7-6-8-17(11-15)13-21(28)27(16(2)22(29)26-23(3,4)5)14-18-9-10-19(24)20(25)12-18/h6-12,16H,13-14H2,1-5H3,(H,26,29)/t16-/m1/s1. The maximum atomic E-state index is 13.2. The second kappa shape index (κ2) is 9.64. The summed E-state index contributed by atoms with van der Waals surface area (Å²) in [6.07, 6.45) is 0.218. The summed E-state index contributed by atoms with van der Waals surface area (Å²) in [5, 5.41) is 3.82. The van der Waals surface area contributed by atoms with Gasteiger partial charge in [-0.25, -0.2) is 0 Å². The summed E-state index contributed by atoms with van der Waals surface area (Å²) in [6.45, 7) is 9.73. The first-order valence-electron chi connectivity index (χ1n) is 9.57. The second-order valence-electron chi connectivity index (χ2n) is 8.35. The topological polar surface area (TPSA) is 49.4 Å². The minimum absolute atomic E-state index is 0.127. The van der Waals surface area contributed by atoms with Crippen LogP contribution < -0.4 is 5.32 Å². The molecule has 2 aromatic carbocycles. The Hall–Kier alpha value is -2.04. The number of nitrogens with zero attached hydrogens (tertiary/aromatic N) is 1. The quantitative estimate of drug-likeness (QED) is 0.680. The summed E-state index contributed by atoms with van der Waals surface area (Å²) in [4.78, 5) is 27.5. The lowest BCUT2D eigenvalue weighted by atomic mass is 10.1. The lowest BCUT2D eigenvalue weighted by Gasteiger charge is -2.31. The van der Waals surface area contributed by atoms with Crippen molar-refractivity contribution in [3.8, 4) is 0 Å². The van der Waals surface area contributed by atoms with Gasteiger partial charge < -0.3 is 10.2 Å². The van der Waals surface area contributed by atoms with Gasteiger partial charge in [0.25, 0.3) is 0 Å². The van der Waals surface area contributed by atoms with Crippen molar-refractivity contribution in [2.45, 2.75) is 59.2 Å². The lowest BCUT2D eigenvalue weighted by molar-refractivity contribution is -0.140. The smallest absolute Gasteiger partial charge is 0.242 e. The van der Waals surface area contributed by atoms with Crippen LogP contribution in [-0.4, -0.2) is 28.3 Å². The zero-order valence-corrected chi connectivity index (χ0v) is 19.1. The Morgan fingerprint density at radius 1 is 1.03 bits per heavy atom. The van der Waals surface area contributed by atoms with Gasteiger partial charge >= 0.3 is 0 Å². The molecule has 1 atom stereocenters. The number of hydrogen-bond donors (Lipinski definition) is 1. The van der Waals surface area contributed by atoms with Gasteiger partial charge in [0.1, 0.15) is 6.04 Å². The summed E-state index contributed by atoms with van der Waals surface area (Å²) in [5.41, 5.74) is 2.43. The van der Waals surface area contributed by atoms with Gasteiger partial charge in [-0.1, -0.05) is 59.1 Å². The molecule has 0 aliphatic rings. The van der Waals surface area contributed by atoms with Crippen LogP contribution in [0.4, 0.5) is 0 Å². The van der Waals surface area contributed by atoms with E-state index in [1.165, 1.54) is 0 Å². The summed E-state index contributed by atoms with van der Waals surface area (Å²) >= 11 is 12.1. The van der Waals surface area contributed by atoms with Gasteiger partial charge in [0.15, 0.2) is 0 Å². The van der Waals surface area contributed by atoms with Crippen LogP contribution in [0.1, 0.15) is 44.4 Å². The van der Waals surface area contributed by atoms with E-state index in [1.807, 2.05) is 58.0 Å². The Morgan fingerprint density at radius 2 is 1.72 bits per heavy atom. The van der Waals surface area contributed by atoms with Crippen molar-refractivity contribution in [3.05, 3.63) is 69.2 Å². The summed E-state index contributed by atoms with van der Waals surface area (Å²) in [5.74, 6) is -0.326. The third-order valence-corrected chi connectivity index (χ3v) is 5.18. The Morgan fingerprint density at radius 3 is 2.31 bits per heavy atom. The Labute approximate surface area is 183 Å². The minimum Gasteiger partial charge on any atom is -0.350 e. The molecule has 0 fully saturated rings. The molecule has 4 nitrogen and oxygen atoms in total. The molecule has 0 aromatic heterocycles. The van der Waals surface area contributed by atoms with Gasteiger partial charge in [0.05, 0.1) is 16.5 Å². The SMILES string of the molecule is Cc1cccc(CC(=O)N(Cc2ccc(Cl)c(Cl)c2)[C@H](C)C(=O)NC(C)(C)C)c1. The van der Waals surface area contributed by atoms with Gasteiger partial charge in [-0.15, -0.1) is 0 Å². The molecular formula is C23H28Cl2N2O2. The normalized spacial score (nSPS) is 12.4. The molecule has 2 amide bonds. The average molecular weight is 435 g/mol. The van der Waals surface area contributed by atoms with Crippen molar-refractivity contribution in [3.63, 3.8) is 0 Å². The van der Waals surface area contributed by atoms with Crippen LogP contribution in [-0.2, 0) is 22.6 Å². The number of halogens is 2. The summed E-state index contributed by atoms with van der Waals surface area (Å²) in [6, 6.07) is 12.4. The molecule has 2 aromatic rings. The van der Waals surface area contributed by atoms with Crippen LogP contribution >= 0.6 is 23.2 Å². The molecule has 29 heavy (non-hydrogen) atoms. The van der Waals surface area contributed by atoms with Crippen LogP contribution in [0.15, 0.2) is 42.5 Å². The van der Waals surface area contributed by atoms with Crippen molar-refractivity contribution in [1.82, 2.24) is 10.2 Å². The van der Waals surface area contributed by atoms with Crippen LogP contribution in [0.3, 0.4) is 0 Å². The largest absolute Gasteiger partial charge is 0.350 e. The second-order valence-corrected chi connectivity index (χ2v) is 9.17. The number of aryl methyl sites for hydroxylation is 1. The molecule has 0 unspecified atom stereocenters. The first kappa shape index (κ1) is 23.2. The third-order valence-electron chi connectivity index (χ3n) is 4.44. The number of benzene rings is 2. The Balaban J connectivity index is 2.28. The number of carbonyl (C=O) groups excluding carboxylic acids is 2. The maximum absolute atomic E-state index is 13.2. The fourth-order valence-electron chi connectivity index (χ4n) is 2.99. The van der Waals surface area contributed by atoms with E-state index in [-0.39, 0.29) is 30.3 Å². The van der Waals surface area contributed by atoms with Gasteiger partial charge in [-0.3, -0.25) is 9.59 Å². The average Bonchev–Trinajstić information content (AvgIpc) is 2.60. The number of amides is 2. The molecular weight excluding hydrogens is 407 g/mol. The number of hydrogen-bond acceptors (Lipinski definition) is 2. The monoisotopic (exact) mass is 434 g/mol. The van der Waals surface area contributed by atoms with Crippen molar-refractivity contribution in [2.24, 2.45) is 0 Å². The predicted octanol–water partition coefficient (Wildman–Crippen LogP) is 5.18. The molecule has 6 heteroatoms. The molecule has 0 saturated carbocycles.